The Balaban J connectivity index is 1.58. The van der Waals surface area contributed by atoms with Crippen LogP contribution in [0.25, 0.3) is 11.2 Å². The van der Waals surface area contributed by atoms with Gasteiger partial charge in [-0.15, -0.1) is 0 Å². The number of nitrogens with zero attached hydrogens (tertiary/aromatic N) is 4. The second-order valence-corrected chi connectivity index (χ2v) is 8.68. The van der Waals surface area contributed by atoms with Crippen molar-refractivity contribution >= 4 is 21.2 Å². The molecule has 26 heavy (non-hydrogen) atoms. The Bertz CT molecular complexity index is 1050. The zero-order chi connectivity index (χ0) is 18.3. The molecule has 7 heteroatoms. The minimum absolute atomic E-state index is 0.221. The van der Waals surface area contributed by atoms with E-state index in [1.165, 1.54) is 0 Å². The lowest BCUT2D eigenvalue weighted by Crippen LogP contribution is -2.39. The highest BCUT2D eigenvalue weighted by atomic mass is 32.2. The summed E-state index contributed by atoms with van der Waals surface area (Å²) in [6.07, 6.45) is 3.29. The van der Waals surface area contributed by atoms with Crippen molar-refractivity contribution in [3.8, 4) is 0 Å². The number of pyridine rings is 1. The smallest absolute Gasteiger partial charge is 0.243 e. The van der Waals surface area contributed by atoms with E-state index in [0.29, 0.717) is 18.0 Å². The number of fused-ring (bicyclic) bond motifs is 1. The molecule has 0 unspecified atom stereocenters. The van der Waals surface area contributed by atoms with Crippen LogP contribution < -0.4 is 0 Å². The second-order valence-electron chi connectivity index (χ2n) is 6.78. The van der Waals surface area contributed by atoms with E-state index in [2.05, 4.69) is 14.5 Å². The van der Waals surface area contributed by atoms with E-state index in [-0.39, 0.29) is 6.04 Å². The molecule has 0 bridgehead atoms. The molecule has 1 aliphatic rings. The zero-order valence-electron chi connectivity index (χ0n) is 15.0. The summed E-state index contributed by atoms with van der Waals surface area (Å²) in [5.74, 6) is 0.930. The van der Waals surface area contributed by atoms with Gasteiger partial charge in [0.15, 0.2) is 5.65 Å². The highest BCUT2D eigenvalue weighted by Crippen LogP contribution is 2.30. The fraction of sp³-hybridized carbons (Fsp3) is 0.368. The van der Waals surface area contributed by atoms with E-state index >= 15 is 0 Å². The maximum Gasteiger partial charge on any atom is 0.243 e. The van der Waals surface area contributed by atoms with Gasteiger partial charge in [-0.2, -0.15) is 4.31 Å². The zero-order valence-corrected chi connectivity index (χ0v) is 15.8. The molecule has 1 saturated heterocycles. The SMILES string of the molecule is Cc1ccccc1S(=O)(=O)N1CCC(n2c(C)nc3cccnc32)CC1. The van der Waals surface area contributed by atoms with Crippen molar-refractivity contribution in [2.24, 2.45) is 0 Å². The van der Waals surface area contributed by atoms with Gasteiger partial charge in [-0.25, -0.2) is 18.4 Å². The molecule has 1 fully saturated rings. The van der Waals surface area contributed by atoms with E-state index in [0.717, 1.165) is 35.4 Å². The Hall–Kier alpha value is -2.25. The number of imidazole rings is 1. The van der Waals surface area contributed by atoms with Gasteiger partial charge in [0.25, 0.3) is 0 Å². The molecule has 6 nitrogen and oxygen atoms in total. The second kappa shape index (κ2) is 6.48. The van der Waals surface area contributed by atoms with Crippen LogP contribution in [0.3, 0.4) is 0 Å². The van der Waals surface area contributed by atoms with Crippen molar-refractivity contribution in [2.45, 2.75) is 37.6 Å². The Kier molecular flexibility index (Phi) is 4.28. The first kappa shape index (κ1) is 17.2. The van der Waals surface area contributed by atoms with Gasteiger partial charge in [0, 0.05) is 25.3 Å². The third kappa shape index (κ3) is 2.81. The Morgan fingerprint density at radius 3 is 2.50 bits per heavy atom. The number of aryl methyl sites for hydroxylation is 2. The van der Waals surface area contributed by atoms with E-state index in [4.69, 9.17) is 0 Å². The average Bonchev–Trinajstić information content (AvgIpc) is 2.98. The van der Waals surface area contributed by atoms with Crippen LogP contribution in [0.4, 0.5) is 0 Å². The lowest BCUT2D eigenvalue weighted by atomic mass is 10.1. The van der Waals surface area contributed by atoms with Crippen LogP contribution >= 0.6 is 0 Å². The van der Waals surface area contributed by atoms with Crippen LogP contribution in [-0.4, -0.2) is 40.3 Å². The first-order valence-corrected chi connectivity index (χ1v) is 10.3. The largest absolute Gasteiger partial charge is 0.310 e. The minimum Gasteiger partial charge on any atom is -0.310 e. The van der Waals surface area contributed by atoms with Gasteiger partial charge >= 0.3 is 0 Å². The van der Waals surface area contributed by atoms with Crippen molar-refractivity contribution in [3.05, 3.63) is 54.0 Å². The molecule has 0 N–H and O–H groups in total. The number of sulfonamides is 1. The number of rotatable bonds is 3. The lowest BCUT2D eigenvalue weighted by Gasteiger charge is -2.32. The van der Waals surface area contributed by atoms with Gasteiger partial charge in [0.2, 0.25) is 10.0 Å². The van der Waals surface area contributed by atoms with E-state index in [9.17, 15) is 8.42 Å². The number of piperidine rings is 1. The molecular formula is C19H22N4O2S. The van der Waals surface area contributed by atoms with Crippen LogP contribution in [0.2, 0.25) is 0 Å². The molecule has 0 radical (unpaired) electrons. The molecule has 0 aliphatic carbocycles. The van der Waals surface area contributed by atoms with Gasteiger partial charge in [-0.1, -0.05) is 18.2 Å². The van der Waals surface area contributed by atoms with Crippen molar-refractivity contribution in [1.82, 2.24) is 18.8 Å². The predicted octanol–water partition coefficient (Wildman–Crippen LogP) is 3.07. The monoisotopic (exact) mass is 370 g/mol. The molecule has 0 spiro atoms. The molecule has 2 aromatic heterocycles. The van der Waals surface area contributed by atoms with E-state index < -0.39 is 10.0 Å². The molecule has 0 saturated carbocycles. The quantitative estimate of drug-likeness (QED) is 0.710. The highest BCUT2D eigenvalue weighted by Gasteiger charge is 2.31. The summed E-state index contributed by atoms with van der Waals surface area (Å²) in [7, 11) is -3.44. The normalized spacial score (nSPS) is 17.0. The lowest BCUT2D eigenvalue weighted by molar-refractivity contribution is 0.274. The fourth-order valence-corrected chi connectivity index (χ4v) is 5.50. The van der Waals surface area contributed by atoms with Crippen molar-refractivity contribution in [3.63, 3.8) is 0 Å². The van der Waals surface area contributed by atoms with Crippen molar-refractivity contribution in [1.29, 1.82) is 0 Å². The Labute approximate surface area is 153 Å². The number of benzene rings is 1. The van der Waals surface area contributed by atoms with Gasteiger partial charge in [0.05, 0.1) is 4.90 Å². The average molecular weight is 370 g/mol. The number of hydrogen-bond donors (Lipinski definition) is 0. The molecule has 0 atom stereocenters. The molecule has 0 amide bonds. The van der Waals surface area contributed by atoms with Gasteiger partial charge < -0.3 is 4.57 Å². The summed E-state index contributed by atoms with van der Waals surface area (Å²) >= 11 is 0. The van der Waals surface area contributed by atoms with Crippen molar-refractivity contribution < 1.29 is 8.42 Å². The molecule has 136 valence electrons. The highest BCUT2D eigenvalue weighted by molar-refractivity contribution is 7.89. The summed E-state index contributed by atoms with van der Waals surface area (Å²) in [5.41, 5.74) is 2.56. The third-order valence-corrected chi connectivity index (χ3v) is 7.18. The maximum atomic E-state index is 13.0. The third-order valence-electron chi connectivity index (χ3n) is 5.13. The number of hydrogen-bond acceptors (Lipinski definition) is 4. The summed E-state index contributed by atoms with van der Waals surface area (Å²) in [5, 5.41) is 0. The van der Waals surface area contributed by atoms with Crippen LogP contribution in [0.1, 0.15) is 30.3 Å². The summed E-state index contributed by atoms with van der Waals surface area (Å²) in [6.45, 7) is 4.84. The maximum absolute atomic E-state index is 13.0. The van der Waals surface area contributed by atoms with Crippen LogP contribution in [0.15, 0.2) is 47.5 Å². The topological polar surface area (TPSA) is 68.1 Å². The first-order valence-electron chi connectivity index (χ1n) is 8.84. The van der Waals surface area contributed by atoms with Crippen molar-refractivity contribution in [2.75, 3.05) is 13.1 Å². The van der Waals surface area contributed by atoms with Crippen LogP contribution in [0.5, 0.6) is 0 Å². The van der Waals surface area contributed by atoms with Crippen LogP contribution in [0, 0.1) is 13.8 Å². The standard InChI is InChI=1S/C19H22N4O2S/c1-14-6-3-4-8-18(14)26(24,25)22-12-9-16(10-13-22)23-15(2)21-17-7-5-11-20-19(17)23/h3-8,11,16H,9-10,12-13H2,1-2H3. The molecule has 4 rings (SSSR count). The predicted molar refractivity (Wildman–Crippen MR) is 100 cm³/mol. The van der Waals surface area contributed by atoms with Crippen LogP contribution in [-0.2, 0) is 10.0 Å². The van der Waals surface area contributed by atoms with Gasteiger partial charge in [0.1, 0.15) is 11.3 Å². The molecule has 1 aromatic carbocycles. The van der Waals surface area contributed by atoms with Gasteiger partial charge in [-0.3, -0.25) is 0 Å². The molecule has 3 aromatic rings. The Morgan fingerprint density at radius 1 is 1.04 bits per heavy atom. The summed E-state index contributed by atoms with van der Waals surface area (Å²) in [6, 6.07) is 11.2. The Morgan fingerprint density at radius 2 is 1.77 bits per heavy atom. The first-order chi connectivity index (χ1) is 12.5. The van der Waals surface area contributed by atoms with Gasteiger partial charge in [-0.05, 0) is 50.5 Å². The molecule has 1 aliphatic heterocycles. The number of aromatic nitrogens is 3. The molecular weight excluding hydrogens is 348 g/mol. The van der Waals surface area contributed by atoms with E-state index in [1.54, 1.807) is 22.6 Å². The summed E-state index contributed by atoms with van der Waals surface area (Å²) < 4.78 is 29.7. The minimum atomic E-state index is -3.44. The fourth-order valence-electron chi connectivity index (χ4n) is 3.81. The molecule has 3 heterocycles. The van der Waals surface area contributed by atoms with E-state index in [1.807, 2.05) is 38.1 Å². The summed E-state index contributed by atoms with van der Waals surface area (Å²) in [4.78, 5) is 9.46.